The van der Waals surface area contributed by atoms with E-state index in [1.165, 1.54) is 50.0 Å². The lowest BCUT2D eigenvalue weighted by Gasteiger charge is -2.32. The van der Waals surface area contributed by atoms with Crippen molar-refractivity contribution in [2.45, 2.75) is 38.0 Å². The number of hydrogen-bond acceptors (Lipinski definition) is 1. The Morgan fingerprint density at radius 3 is 2.35 bits per heavy atom. The highest BCUT2D eigenvalue weighted by atomic mass is 35.5. The summed E-state index contributed by atoms with van der Waals surface area (Å²) in [5.41, 5.74) is 2.72. The van der Waals surface area contributed by atoms with Crippen LogP contribution in [0.5, 0.6) is 0 Å². The minimum Gasteiger partial charge on any atom is -0.303 e. The van der Waals surface area contributed by atoms with E-state index < -0.39 is 0 Å². The summed E-state index contributed by atoms with van der Waals surface area (Å²) in [4.78, 5) is 2.59. The second-order valence-corrected chi connectivity index (χ2v) is 5.26. The molecule has 1 aromatic rings. The lowest BCUT2D eigenvalue weighted by atomic mass is 9.89. The second kappa shape index (κ2) is 6.42. The summed E-state index contributed by atoms with van der Waals surface area (Å²) in [6.45, 7) is 6.04. The number of benzene rings is 1. The maximum absolute atomic E-state index is 5.81. The third kappa shape index (κ3) is 3.46. The molecule has 1 aliphatic rings. The van der Waals surface area contributed by atoms with Crippen molar-refractivity contribution in [1.29, 1.82) is 0 Å². The quantitative estimate of drug-likeness (QED) is 0.731. The van der Waals surface area contributed by atoms with Gasteiger partial charge in [-0.15, -0.1) is 11.6 Å². The fourth-order valence-electron chi connectivity index (χ4n) is 2.69. The molecule has 1 aromatic carbocycles. The van der Waals surface area contributed by atoms with Gasteiger partial charge in [0.15, 0.2) is 0 Å². The monoisotopic (exact) mass is 251 g/mol. The number of hydrogen-bond donors (Lipinski definition) is 0. The van der Waals surface area contributed by atoms with E-state index in [0.29, 0.717) is 5.88 Å². The molecule has 0 atom stereocenters. The highest BCUT2D eigenvalue weighted by Crippen LogP contribution is 2.28. The second-order valence-electron chi connectivity index (χ2n) is 4.99. The molecule has 0 spiro atoms. The Bertz CT molecular complexity index is 325. The first-order valence-corrected chi connectivity index (χ1v) is 7.24. The van der Waals surface area contributed by atoms with Crippen LogP contribution in [0, 0.1) is 0 Å². The number of piperidine rings is 1. The van der Waals surface area contributed by atoms with E-state index in [1.54, 1.807) is 0 Å². The van der Waals surface area contributed by atoms with E-state index in [1.807, 2.05) is 0 Å². The van der Waals surface area contributed by atoms with Crippen molar-refractivity contribution in [1.82, 2.24) is 4.90 Å². The van der Waals surface area contributed by atoms with Crippen molar-refractivity contribution in [2.75, 3.05) is 19.6 Å². The zero-order valence-electron chi connectivity index (χ0n) is 10.7. The molecule has 0 saturated carbocycles. The van der Waals surface area contributed by atoms with Crippen LogP contribution in [-0.2, 0) is 5.88 Å². The van der Waals surface area contributed by atoms with Crippen LogP contribution in [0.15, 0.2) is 24.3 Å². The molecule has 0 amide bonds. The molecular weight excluding hydrogens is 230 g/mol. The van der Waals surface area contributed by atoms with Gasteiger partial charge in [0, 0.05) is 5.88 Å². The van der Waals surface area contributed by atoms with E-state index in [-0.39, 0.29) is 0 Å². The summed E-state index contributed by atoms with van der Waals surface area (Å²) in [6.07, 6.45) is 3.88. The first kappa shape index (κ1) is 12.9. The number of alkyl halides is 1. The van der Waals surface area contributed by atoms with Crippen molar-refractivity contribution in [2.24, 2.45) is 0 Å². The Balaban J connectivity index is 1.91. The van der Waals surface area contributed by atoms with Gasteiger partial charge in [0.25, 0.3) is 0 Å². The average Bonchev–Trinajstić information content (AvgIpc) is 2.40. The fourth-order valence-corrected chi connectivity index (χ4v) is 2.86. The molecule has 0 bridgehead atoms. The standard InChI is InChI=1S/C15H22ClN/c1-2-9-17-10-7-15(8-11-17)14-5-3-13(12-16)4-6-14/h3-6,15H,2,7-12H2,1H3. The maximum atomic E-state index is 5.81. The van der Waals surface area contributed by atoms with Crippen molar-refractivity contribution < 1.29 is 0 Å². The van der Waals surface area contributed by atoms with Gasteiger partial charge in [-0.05, 0) is 55.9 Å². The van der Waals surface area contributed by atoms with Crippen molar-refractivity contribution >= 4 is 11.6 Å². The van der Waals surface area contributed by atoms with Crippen molar-refractivity contribution in [3.05, 3.63) is 35.4 Å². The molecule has 1 saturated heterocycles. The Hall–Kier alpha value is -0.530. The molecule has 0 unspecified atom stereocenters. The summed E-state index contributed by atoms with van der Waals surface area (Å²) in [7, 11) is 0. The van der Waals surface area contributed by atoms with Crippen LogP contribution in [0.2, 0.25) is 0 Å². The Morgan fingerprint density at radius 1 is 1.18 bits per heavy atom. The topological polar surface area (TPSA) is 3.24 Å². The summed E-state index contributed by atoms with van der Waals surface area (Å²) in [6, 6.07) is 8.86. The third-order valence-corrected chi connectivity index (χ3v) is 4.04. The molecule has 1 aliphatic heterocycles. The van der Waals surface area contributed by atoms with Gasteiger partial charge in [0.1, 0.15) is 0 Å². The van der Waals surface area contributed by atoms with Gasteiger partial charge in [-0.1, -0.05) is 31.2 Å². The normalized spacial score (nSPS) is 18.5. The molecule has 1 nitrogen and oxygen atoms in total. The van der Waals surface area contributed by atoms with Gasteiger partial charge in [-0.2, -0.15) is 0 Å². The van der Waals surface area contributed by atoms with Gasteiger partial charge >= 0.3 is 0 Å². The van der Waals surface area contributed by atoms with Crippen LogP contribution in [0.3, 0.4) is 0 Å². The Labute approximate surface area is 110 Å². The highest BCUT2D eigenvalue weighted by molar-refractivity contribution is 6.17. The van der Waals surface area contributed by atoms with Gasteiger partial charge < -0.3 is 4.90 Å². The molecule has 0 aliphatic carbocycles. The van der Waals surface area contributed by atoms with Crippen LogP contribution >= 0.6 is 11.6 Å². The summed E-state index contributed by atoms with van der Waals surface area (Å²) in [5, 5.41) is 0. The molecule has 0 radical (unpaired) electrons. The third-order valence-electron chi connectivity index (χ3n) is 3.73. The molecular formula is C15H22ClN. The Kier molecular flexibility index (Phi) is 4.87. The van der Waals surface area contributed by atoms with Crippen LogP contribution in [0.25, 0.3) is 0 Å². The van der Waals surface area contributed by atoms with E-state index in [0.717, 1.165) is 5.92 Å². The molecule has 1 fully saturated rings. The molecule has 2 rings (SSSR count). The summed E-state index contributed by atoms with van der Waals surface area (Å²) in [5.74, 6) is 1.38. The maximum Gasteiger partial charge on any atom is 0.0474 e. The largest absolute Gasteiger partial charge is 0.303 e. The molecule has 94 valence electrons. The van der Waals surface area contributed by atoms with E-state index in [9.17, 15) is 0 Å². The van der Waals surface area contributed by atoms with Crippen molar-refractivity contribution in [3.63, 3.8) is 0 Å². The van der Waals surface area contributed by atoms with Crippen LogP contribution < -0.4 is 0 Å². The van der Waals surface area contributed by atoms with Crippen LogP contribution in [0.1, 0.15) is 43.2 Å². The van der Waals surface area contributed by atoms with Gasteiger partial charge in [-0.25, -0.2) is 0 Å². The smallest absolute Gasteiger partial charge is 0.0474 e. The van der Waals surface area contributed by atoms with E-state index in [4.69, 9.17) is 11.6 Å². The number of likely N-dealkylation sites (tertiary alicyclic amines) is 1. The van der Waals surface area contributed by atoms with Gasteiger partial charge in [-0.3, -0.25) is 0 Å². The molecule has 2 heteroatoms. The first-order valence-electron chi connectivity index (χ1n) is 6.70. The SMILES string of the molecule is CCCN1CCC(c2ccc(CCl)cc2)CC1. The van der Waals surface area contributed by atoms with Crippen LogP contribution in [0.4, 0.5) is 0 Å². The summed E-state index contributed by atoms with van der Waals surface area (Å²) < 4.78 is 0. The predicted molar refractivity (Wildman–Crippen MR) is 74.7 cm³/mol. The lowest BCUT2D eigenvalue weighted by Crippen LogP contribution is -2.33. The van der Waals surface area contributed by atoms with Crippen molar-refractivity contribution in [3.8, 4) is 0 Å². The lowest BCUT2D eigenvalue weighted by molar-refractivity contribution is 0.213. The summed E-state index contributed by atoms with van der Waals surface area (Å²) >= 11 is 5.81. The zero-order valence-corrected chi connectivity index (χ0v) is 11.4. The average molecular weight is 252 g/mol. The molecule has 1 heterocycles. The zero-order chi connectivity index (χ0) is 12.1. The molecule has 0 aromatic heterocycles. The Morgan fingerprint density at radius 2 is 1.82 bits per heavy atom. The van der Waals surface area contributed by atoms with E-state index in [2.05, 4.69) is 36.1 Å². The number of halogens is 1. The number of nitrogens with zero attached hydrogens (tertiary/aromatic N) is 1. The predicted octanol–water partition coefficient (Wildman–Crippen LogP) is 4.01. The minimum absolute atomic E-state index is 0.620. The molecule has 17 heavy (non-hydrogen) atoms. The van der Waals surface area contributed by atoms with E-state index >= 15 is 0 Å². The highest BCUT2D eigenvalue weighted by Gasteiger charge is 2.19. The minimum atomic E-state index is 0.620. The van der Waals surface area contributed by atoms with Crippen LogP contribution in [-0.4, -0.2) is 24.5 Å². The van der Waals surface area contributed by atoms with Gasteiger partial charge in [0.2, 0.25) is 0 Å². The first-order chi connectivity index (χ1) is 8.33. The molecule has 0 N–H and O–H groups in total. The number of rotatable bonds is 4. The van der Waals surface area contributed by atoms with Gasteiger partial charge in [0.05, 0.1) is 0 Å². The fraction of sp³-hybridized carbons (Fsp3) is 0.600.